The first-order chi connectivity index (χ1) is 7.74. The highest BCUT2D eigenvalue weighted by Gasteiger charge is 2.17. The number of thiazole rings is 1. The van der Waals surface area contributed by atoms with Crippen LogP contribution in [0.4, 0.5) is 5.13 Å². The molecule has 0 bridgehead atoms. The van der Waals surface area contributed by atoms with E-state index in [9.17, 15) is 4.79 Å². The van der Waals surface area contributed by atoms with Gasteiger partial charge in [0.25, 0.3) is 0 Å². The predicted molar refractivity (Wildman–Crippen MR) is 66.4 cm³/mol. The minimum absolute atomic E-state index is 0.317. The molecule has 2 N–H and O–H groups in total. The number of nitrogens with zero attached hydrogens (tertiary/aromatic N) is 1. The number of ketones is 1. The summed E-state index contributed by atoms with van der Waals surface area (Å²) in [6.07, 6.45) is 7.58. The van der Waals surface area contributed by atoms with Gasteiger partial charge in [-0.15, -0.1) is 11.3 Å². The van der Waals surface area contributed by atoms with E-state index < -0.39 is 0 Å². The van der Waals surface area contributed by atoms with Gasteiger partial charge in [-0.05, 0) is 5.92 Å². The van der Waals surface area contributed by atoms with Crippen molar-refractivity contribution in [3.05, 3.63) is 11.1 Å². The fourth-order valence-corrected chi connectivity index (χ4v) is 2.95. The van der Waals surface area contributed by atoms with E-state index in [1.165, 1.54) is 43.4 Å². The fraction of sp³-hybridized carbons (Fsp3) is 0.667. The molecule has 0 saturated heterocycles. The summed E-state index contributed by atoms with van der Waals surface area (Å²) in [6.45, 7) is 0. The van der Waals surface area contributed by atoms with Crippen LogP contribution in [-0.2, 0) is 11.2 Å². The van der Waals surface area contributed by atoms with Crippen LogP contribution in [0, 0.1) is 5.92 Å². The summed E-state index contributed by atoms with van der Waals surface area (Å²) >= 11 is 1.41. The first kappa shape index (κ1) is 11.6. The third-order valence-corrected chi connectivity index (χ3v) is 3.91. The Morgan fingerprint density at radius 3 is 2.81 bits per heavy atom. The number of nitrogen functional groups attached to an aromatic ring is 1. The van der Waals surface area contributed by atoms with Gasteiger partial charge in [-0.25, -0.2) is 4.98 Å². The maximum atomic E-state index is 11.8. The quantitative estimate of drug-likeness (QED) is 0.877. The van der Waals surface area contributed by atoms with Crippen molar-refractivity contribution in [1.82, 2.24) is 4.98 Å². The number of anilines is 1. The van der Waals surface area contributed by atoms with E-state index in [4.69, 9.17) is 5.73 Å². The lowest BCUT2D eigenvalue weighted by Crippen LogP contribution is -2.13. The molecular weight excluding hydrogens is 220 g/mol. The topological polar surface area (TPSA) is 56.0 Å². The molecule has 4 heteroatoms. The lowest BCUT2D eigenvalue weighted by Gasteiger charge is -2.20. The number of nitrogens with two attached hydrogens (primary N) is 1. The number of aromatic nitrogens is 1. The number of carbonyl (C=O) groups excluding carboxylic acids is 1. The molecule has 1 fully saturated rings. The number of rotatable bonds is 4. The van der Waals surface area contributed by atoms with Crippen molar-refractivity contribution < 1.29 is 4.79 Å². The number of carbonyl (C=O) groups is 1. The van der Waals surface area contributed by atoms with Gasteiger partial charge < -0.3 is 5.73 Å². The second kappa shape index (κ2) is 5.43. The van der Waals surface area contributed by atoms with E-state index in [1.54, 1.807) is 0 Å². The van der Waals surface area contributed by atoms with Gasteiger partial charge in [-0.1, -0.05) is 32.1 Å². The Morgan fingerprint density at radius 2 is 2.19 bits per heavy atom. The Kier molecular flexibility index (Phi) is 3.93. The zero-order chi connectivity index (χ0) is 11.4. The molecule has 1 aromatic heterocycles. The predicted octanol–water partition coefficient (Wildman–Crippen LogP) is 2.81. The molecule has 0 atom stereocenters. The second-order valence-electron chi connectivity index (χ2n) is 4.60. The van der Waals surface area contributed by atoms with Crippen LogP contribution in [0.1, 0.15) is 44.2 Å². The summed E-state index contributed by atoms with van der Waals surface area (Å²) < 4.78 is 0. The third-order valence-electron chi connectivity index (χ3n) is 3.19. The molecule has 1 heterocycles. The van der Waals surface area contributed by atoms with Crippen molar-refractivity contribution in [2.45, 2.75) is 44.9 Å². The zero-order valence-corrected chi connectivity index (χ0v) is 10.3. The lowest BCUT2D eigenvalue weighted by molar-refractivity contribution is -0.119. The first-order valence-electron chi connectivity index (χ1n) is 5.95. The Balaban J connectivity index is 1.79. The van der Waals surface area contributed by atoms with E-state index in [0.29, 0.717) is 23.3 Å². The molecule has 88 valence electrons. The molecule has 0 unspecified atom stereocenters. The molecule has 0 spiro atoms. The molecule has 0 aromatic carbocycles. The van der Waals surface area contributed by atoms with Crippen LogP contribution in [0.3, 0.4) is 0 Å². The second-order valence-corrected chi connectivity index (χ2v) is 5.49. The van der Waals surface area contributed by atoms with Crippen molar-refractivity contribution in [3.63, 3.8) is 0 Å². The van der Waals surface area contributed by atoms with Crippen LogP contribution in [0.5, 0.6) is 0 Å². The normalized spacial score (nSPS) is 17.5. The van der Waals surface area contributed by atoms with E-state index in [0.717, 1.165) is 12.1 Å². The van der Waals surface area contributed by atoms with Crippen LogP contribution in [0.15, 0.2) is 5.38 Å². The van der Waals surface area contributed by atoms with Gasteiger partial charge >= 0.3 is 0 Å². The molecule has 0 amide bonds. The van der Waals surface area contributed by atoms with Crippen molar-refractivity contribution in [2.24, 2.45) is 5.92 Å². The molecule has 1 aliphatic carbocycles. The largest absolute Gasteiger partial charge is 0.375 e. The standard InChI is InChI=1S/C12H18N2OS/c13-12-14-10(8-16-12)7-11(15)6-9-4-2-1-3-5-9/h8-9H,1-7H2,(H2,13,14). The summed E-state index contributed by atoms with van der Waals surface area (Å²) in [5.74, 6) is 0.939. The zero-order valence-electron chi connectivity index (χ0n) is 9.45. The van der Waals surface area contributed by atoms with Crippen molar-refractivity contribution in [3.8, 4) is 0 Å². The maximum absolute atomic E-state index is 11.8. The Labute approximate surface area is 100 Å². The van der Waals surface area contributed by atoms with E-state index in [1.807, 2.05) is 5.38 Å². The van der Waals surface area contributed by atoms with Gasteiger partial charge in [-0.3, -0.25) is 4.79 Å². The van der Waals surface area contributed by atoms with Crippen molar-refractivity contribution >= 4 is 22.3 Å². The van der Waals surface area contributed by atoms with Crippen LogP contribution >= 0.6 is 11.3 Å². The highest BCUT2D eigenvalue weighted by molar-refractivity contribution is 7.13. The maximum Gasteiger partial charge on any atom is 0.180 e. The van der Waals surface area contributed by atoms with Gasteiger partial charge in [0.15, 0.2) is 5.13 Å². The Morgan fingerprint density at radius 1 is 1.44 bits per heavy atom. The number of hydrogen-bond donors (Lipinski definition) is 1. The molecule has 1 aliphatic rings. The van der Waals surface area contributed by atoms with Crippen LogP contribution in [0.2, 0.25) is 0 Å². The van der Waals surface area contributed by atoms with Gasteiger partial charge in [0.2, 0.25) is 0 Å². The minimum Gasteiger partial charge on any atom is -0.375 e. The average Bonchev–Trinajstić information content (AvgIpc) is 2.65. The number of hydrogen-bond acceptors (Lipinski definition) is 4. The third kappa shape index (κ3) is 3.30. The molecule has 0 radical (unpaired) electrons. The summed E-state index contributed by atoms with van der Waals surface area (Å²) in [6, 6.07) is 0. The van der Waals surface area contributed by atoms with E-state index in [2.05, 4.69) is 4.98 Å². The van der Waals surface area contributed by atoms with E-state index >= 15 is 0 Å². The summed E-state index contributed by atoms with van der Waals surface area (Å²) in [7, 11) is 0. The van der Waals surface area contributed by atoms with Crippen molar-refractivity contribution in [1.29, 1.82) is 0 Å². The minimum atomic E-state index is 0.317. The summed E-state index contributed by atoms with van der Waals surface area (Å²) in [5.41, 5.74) is 6.37. The summed E-state index contributed by atoms with van der Waals surface area (Å²) in [5, 5.41) is 2.44. The van der Waals surface area contributed by atoms with Gasteiger partial charge in [0, 0.05) is 18.2 Å². The van der Waals surface area contributed by atoms with Gasteiger partial charge in [0.1, 0.15) is 5.78 Å². The molecule has 3 nitrogen and oxygen atoms in total. The average molecular weight is 238 g/mol. The van der Waals surface area contributed by atoms with Gasteiger partial charge in [0.05, 0.1) is 5.69 Å². The van der Waals surface area contributed by atoms with Crippen LogP contribution in [0.25, 0.3) is 0 Å². The first-order valence-corrected chi connectivity index (χ1v) is 6.83. The highest BCUT2D eigenvalue weighted by Crippen LogP contribution is 2.26. The number of Topliss-reactive ketones (excluding diaryl/α,β-unsaturated/α-hetero) is 1. The lowest BCUT2D eigenvalue weighted by atomic mass is 9.85. The summed E-state index contributed by atoms with van der Waals surface area (Å²) in [4.78, 5) is 15.9. The Bertz CT molecular complexity index is 356. The van der Waals surface area contributed by atoms with Crippen molar-refractivity contribution in [2.75, 3.05) is 5.73 Å². The van der Waals surface area contributed by atoms with Crippen LogP contribution in [-0.4, -0.2) is 10.8 Å². The monoisotopic (exact) mass is 238 g/mol. The smallest absolute Gasteiger partial charge is 0.180 e. The van der Waals surface area contributed by atoms with E-state index in [-0.39, 0.29) is 0 Å². The molecule has 1 aromatic rings. The highest BCUT2D eigenvalue weighted by atomic mass is 32.1. The molecular formula is C12H18N2OS. The SMILES string of the molecule is Nc1nc(CC(=O)CC2CCCCC2)cs1. The van der Waals surface area contributed by atoms with Gasteiger partial charge in [-0.2, -0.15) is 0 Å². The fourth-order valence-electron chi connectivity index (χ4n) is 2.39. The Hall–Kier alpha value is -0.900. The van der Waals surface area contributed by atoms with Crippen LogP contribution < -0.4 is 5.73 Å². The molecule has 2 rings (SSSR count). The molecule has 1 saturated carbocycles. The molecule has 0 aliphatic heterocycles. The molecule has 16 heavy (non-hydrogen) atoms.